The lowest BCUT2D eigenvalue weighted by molar-refractivity contribution is 0.335. The normalized spacial score (nSPS) is 15.8. The first-order valence-corrected chi connectivity index (χ1v) is 5.72. The molecule has 88 valence electrons. The van der Waals surface area contributed by atoms with Gasteiger partial charge in [0.1, 0.15) is 12.0 Å². The van der Waals surface area contributed by atoms with E-state index in [0.717, 1.165) is 24.3 Å². The van der Waals surface area contributed by atoms with Crippen molar-refractivity contribution in [3.63, 3.8) is 0 Å². The van der Waals surface area contributed by atoms with Crippen LogP contribution < -0.4 is 0 Å². The third-order valence-corrected chi connectivity index (χ3v) is 3.25. The Hall–Kier alpha value is -1.97. The monoisotopic (exact) mass is 231 g/mol. The molecule has 0 amide bonds. The number of rotatable bonds is 2. The predicted octanol–water partition coefficient (Wildman–Crippen LogP) is 3.02. The molecule has 0 spiro atoms. The van der Waals surface area contributed by atoms with Crippen molar-refractivity contribution in [1.82, 2.24) is 4.98 Å². The summed E-state index contributed by atoms with van der Waals surface area (Å²) in [5, 5.41) is 18.7. The molecule has 17 heavy (non-hydrogen) atoms. The molecule has 3 rings (SSSR count). The molecule has 4 heteroatoms. The first-order valence-electron chi connectivity index (χ1n) is 5.72. The van der Waals surface area contributed by atoms with E-state index in [1.54, 1.807) is 12.3 Å². The fraction of sp³-hybridized carbons (Fsp3) is 0.308. The summed E-state index contributed by atoms with van der Waals surface area (Å²) >= 11 is 0. The van der Waals surface area contributed by atoms with Gasteiger partial charge in [0.15, 0.2) is 17.4 Å². The summed E-state index contributed by atoms with van der Waals surface area (Å²) in [5.74, 6) is 0.959. The molecule has 0 saturated heterocycles. The summed E-state index contributed by atoms with van der Waals surface area (Å²) in [6.45, 7) is 0. The van der Waals surface area contributed by atoms with Crippen molar-refractivity contribution in [2.24, 2.45) is 0 Å². The lowest BCUT2D eigenvalue weighted by Gasteiger charge is -2.21. The Morgan fingerprint density at radius 1 is 1.18 bits per heavy atom. The molecule has 1 aliphatic carbocycles. The molecule has 0 atom stereocenters. The van der Waals surface area contributed by atoms with Crippen molar-refractivity contribution in [3.8, 4) is 22.8 Å². The molecule has 1 aromatic carbocycles. The van der Waals surface area contributed by atoms with Crippen LogP contribution in [0.15, 0.2) is 28.9 Å². The number of hydrogen-bond acceptors (Lipinski definition) is 4. The van der Waals surface area contributed by atoms with Crippen molar-refractivity contribution in [3.05, 3.63) is 30.4 Å². The quantitative estimate of drug-likeness (QED) is 0.779. The zero-order valence-electron chi connectivity index (χ0n) is 9.26. The van der Waals surface area contributed by atoms with E-state index in [9.17, 15) is 10.2 Å². The van der Waals surface area contributed by atoms with Gasteiger partial charge in [0.2, 0.25) is 0 Å². The maximum Gasteiger partial charge on any atom is 0.197 e. The minimum absolute atomic E-state index is 0.128. The minimum Gasteiger partial charge on any atom is -0.504 e. The maximum absolute atomic E-state index is 9.43. The van der Waals surface area contributed by atoms with Gasteiger partial charge in [-0.1, -0.05) is 6.42 Å². The van der Waals surface area contributed by atoms with Gasteiger partial charge in [-0.05, 0) is 31.0 Å². The zero-order valence-corrected chi connectivity index (χ0v) is 9.26. The van der Waals surface area contributed by atoms with Gasteiger partial charge in [-0.2, -0.15) is 0 Å². The molecule has 1 heterocycles. The first kappa shape index (κ1) is 10.2. The third-order valence-electron chi connectivity index (χ3n) is 3.25. The molecule has 1 aromatic heterocycles. The smallest absolute Gasteiger partial charge is 0.197 e. The molecular formula is C13H13NO3. The number of nitrogens with zero attached hydrogens (tertiary/aromatic N) is 1. The Balaban J connectivity index is 1.92. The lowest BCUT2D eigenvalue weighted by Crippen LogP contribution is -2.08. The predicted molar refractivity (Wildman–Crippen MR) is 61.9 cm³/mol. The molecule has 2 N–H and O–H groups in total. The number of aromatic hydroxyl groups is 2. The molecule has 1 fully saturated rings. The van der Waals surface area contributed by atoms with Crippen LogP contribution in [0.4, 0.5) is 0 Å². The Morgan fingerprint density at radius 2 is 2.00 bits per heavy atom. The highest BCUT2D eigenvalue weighted by Crippen LogP contribution is 2.37. The molecule has 1 aliphatic rings. The van der Waals surface area contributed by atoms with Crippen LogP contribution in [0.3, 0.4) is 0 Å². The highest BCUT2D eigenvalue weighted by atomic mass is 16.3. The summed E-state index contributed by atoms with van der Waals surface area (Å²) in [4.78, 5) is 4.41. The summed E-state index contributed by atoms with van der Waals surface area (Å²) in [6, 6.07) is 4.64. The number of phenolic OH excluding ortho intramolecular Hbond substituents is 2. The molecule has 0 bridgehead atoms. The van der Waals surface area contributed by atoms with Crippen LogP contribution in [0.25, 0.3) is 11.3 Å². The fourth-order valence-corrected chi connectivity index (χ4v) is 1.95. The van der Waals surface area contributed by atoms with E-state index in [-0.39, 0.29) is 11.5 Å². The van der Waals surface area contributed by atoms with E-state index < -0.39 is 0 Å². The minimum atomic E-state index is -0.143. The van der Waals surface area contributed by atoms with Crippen molar-refractivity contribution >= 4 is 0 Å². The van der Waals surface area contributed by atoms with Crippen LogP contribution in [0, 0.1) is 0 Å². The average molecular weight is 231 g/mol. The van der Waals surface area contributed by atoms with Gasteiger partial charge < -0.3 is 14.6 Å². The van der Waals surface area contributed by atoms with Crippen LogP contribution in [-0.2, 0) is 0 Å². The number of benzene rings is 1. The van der Waals surface area contributed by atoms with Crippen molar-refractivity contribution < 1.29 is 14.6 Å². The second-order valence-corrected chi connectivity index (χ2v) is 4.40. The number of hydrogen-bond donors (Lipinski definition) is 2. The van der Waals surface area contributed by atoms with Crippen molar-refractivity contribution in [1.29, 1.82) is 0 Å². The zero-order chi connectivity index (χ0) is 11.8. The van der Waals surface area contributed by atoms with E-state index in [2.05, 4.69) is 4.98 Å². The highest BCUT2D eigenvalue weighted by Gasteiger charge is 2.24. The van der Waals surface area contributed by atoms with Crippen molar-refractivity contribution in [2.75, 3.05) is 0 Å². The molecule has 1 saturated carbocycles. The van der Waals surface area contributed by atoms with Crippen LogP contribution in [-0.4, -0.2) is 15.2 Å². The van der Waals surface area contributed by atoms with E-state index in [1.165, 1.54) is 18.6 Å². The molecule has 0 unspecified atom stereocenters. The van der Waals surface area contributed by atoms with E-state index >= 15 is 0 Å². The van der Waals surface area contributed by atoms with Gasteiger partial charge in [-0.3, -0.25) is 0 Å². The third kappa shape index (κ3) is 1.75. The second kappa shape index (κ2) is 3.80. The van der Waals surface area contributed by atoms with Crippen molar-refractivity contribution in [2.45, 2.75) is 25.2 Å². The molecule has 0 aliphatic heterocycles. The summed E-state index contributed by atoms with van der Waals surface area (Å²) < 4.78 is 5.44. The van der Waals surface area contributed by atoms with Gasteiger partial charge >= 0.3 is 0 Å². The summed E-state index contributed by atoms with van der Waals surface area (Å²) in [5.41, 5.74) is 1.44. The van der Waals surface area contributed by atoms with Crippen LogP contribution in [0.1, 0.15) is 31.1 Å². The molecule has 4 nitrogen and oxygen atoms in total. The number of oxazole rings is 1. The molecular weight excluding hydrogens is 218 g/mol. The van der Waals surface area contributed by atoms with Crippen LogP contribution in [0.2, 0.25) is 0 Å². The fourth-order valence-electron chi connectivity index (χ4n) is 1.95. The molecule has 0 radical (unpaired) electrons. The highest BCUT2D eigenvalue weighted by molar-refractivity contribution is 5.62. The van der Waals surface area contributed by atoms with Crippen LogP contribution >= 0.6 is 0 Å². The molecule has 2 aromatic rings. The average Bonchev–Trinajstić information content (AvgIpc) is 2.69. The van der Waals surface area contributed by atoms with Gasteiger partial charge in [0.25, 0.3) is 0 Å². The lowest BCUT2D eigenvalue weighted by atomic mass is 9.85. The maximum atomic E-state index is 9.43. The Bertz CT molecular complexity index is 543. The topological polar surface area (TPSA) is 66.5 Å². The van der Waals surface area contributed by atoms with Gasteiger partial charge in [-0.25, -0.2) is 4.98 Å². The van der Waals surface area contributed by atoms with E-state index in [0.29, 0.717) is 11.6 Å². The second-order valence-electron chi connectivity index (χ2n) is 4.40. The summed E-state index contributed by atoms with van der Waals surface area (Å²) in [7, 11) is 0. The Kier molecular flexibility index (Phi) is 2.28. The van der Waals surface area contributed by atoms with Crippen LogP contribution in [0.5, 0.6) is 11.5 Å². The van der Waals surface area contributed by atoms with Gasteiger partial charge in [-0.15, -0.1) is 0 Å². The Morgan fingerprint density at radius 3 is 2.65 bits per heavy atom. The number of aromatic nitrogens is 1. The first-order chi connectivity index (χ1) is 8.24. The SMILES string of the molecule is Oc1ccc(-c2coc(C3CCC3)n2)cc1O. The standard InChI is InChI=1S/C13H13NO3/c15-11-5-4-9(6-12(11)16)10-7-17-13(14-10)8-2-1-3-8/h4-8,15-16H,1-3H2. The number of phenols is 2. The van der Waals surface area contributed by atoms with E-state index in [1.807, 2.05) is 0 Å². The van der Waals surface area contributed by atoms with Gasteiger partial charge in [0, 0.05) is 11.5 Å². The largest absolute Gasteiger partial charge is 0.504 e. The van der Waals surface area contributed by atoms with E-state index in [4.69, 9.17) is 4.42 Å². The Labute approximate surface area is 98.5 Å². The summed E-state index contributed by atoms with van der Waals surface area (Å²) in [6.07, 6.45) is 5.11. The van der Waals surface area contributed by atoms with Gasteiger partial charge in [0.05, 0.1) is 0 Å².